The van der Waals surface area contributed by atoms with Crippen LogP contribution in [0.4, 0.5) is 4.79 Å². The summed E-state index contributed by atoms with van der Waals surface area (Å²) < 4.78 is 5.51. The monoisotopic (exact) mass is 382 g/mol. The molecule has 0 aliphatic carbocycles. The molecule has 28 heavy (non-hydrogen) atoms. The number of carboxylic acid groups (broad SMARTS) is 1. The second kappa shape index (κ2) is 9.26. The average Bonchev–Trinajstić information content (AvgIpc) is 2.73. The number of urea groups is 1. The molecule has 1 fully saturated rings. The van der Waals surface area contributed by atoms with Gasteiger partial charge < -0.3 is 20.1 Å². The minimum absolute atomic E-state index is 0.242. The quantitative estimate of drug-likeness (QED) is 0.799. The number of nitrogens with one attached hydrogen (secondary N) is 1. The predicted octanol–water partition coefficient (Wildman–Crippen LogP) is 3.68. The van der Waals surface area contributed by atoms with E-state index in [1.807, 2.05) is 61.5 Å². The molecule has 1 aliphatic heterocycles. The number of amides is 2. The van der Waals surface area contributed by atoms with Gasteiger partial charge in [0.05, 0.1) is 18.6 Å². The highest BCUT2D eigenvalue weighted by Crippen LogP contribution is 2.25. The van der Waals surface area contributed by atoms with Gasteiger partial charge in [-0.05, 0) is 43.0 Å². The molecule has 0 aromatic heterocycles. The van der Waals surface area contributed by atoms with Crippen molar-refractivity contribution in [1.29, 1.82) is 0 Å². The van der Waals surface area contributed by atoms with E-state index in [1.165, 1.54) is 0 Å². The normalized spacial score (nSPS) is 17.6. The van der Waals surface area contributed by atoms with E-state index in [0.29, 0.717) is 26.0 Å². The van der Waals surface area contributed by atoms with Gasteiger partial charge in [0.15, 0.2) is 0 Å². The molecule has 1 heterocycles. The Hall–Kier alpha value is -3.02. The van der Waals surface area contributed by atoms with Gasteiger partial charge in [-0.2, -0.15) is 0 Å². The summed E-state index contributed by atoms with van der Waals surface area (Å²) in [6.07, 6.45) is 1.31. The molecule has 1 saturated heterocycles. The van der Waals surface area contributed by atoms with Gasteiger partial charge in [0.25, 0.3) is 0 Å². The Morgan fingerprint density at radius 3 is 2.46 bits per heavy atom. The summed E-state index contributed by atoms with van der Waals surface area (Å²) in [7, 11) is 0. The highest BCUT2D eigenvalue weighted by atomic mass is 16.5. The maximum atomic E-state index is 12.9. The molecule has 2 aromatic carbocycles. The largest absolute Gasteiger partial charge is 0.494 e. The van der Waals surface area contributed by atoms with E-state index in [9.17, 15) is 14.7 Å². The zero-order chi connectivity index (χ0) is 19.9. The number of rotatable bonds is 6. The fourth-order valence-electron chi connectivity index (χ4n) is 3.51. The lowest BCUT2D eigenvalue weighted by Gasteiger charge is -2.32. The Bertz CT molecular complexity index is 792. The van der Waals surface area contributed by atoms with Gasteiger partial charge in [0.1, 0.15) is 5.75 Å². The van der Waals surface area contributed by atoms with Crippen LogP contribution in [0.25, 0.3) is 0 Å². The fraction of sp³-hybridized carbons (Fsp3) is 0.364. The first-order valence-corrected chi connectivity index (χ1v) is 9.64. The van der Waals surface area contributed by atoms with Crippen molar-refractivity contribution < 1.29 is 19.4 Å². The predicted molar refractivity (Wildman–Crippen MR) is 106 cm³/mol. The van der Waals surface area contributed by atoms with Gasteiger partial charge in [-0.3, -0.25) is 4.79 Å². The second-order valence-corrected chi connectivity index (χ2v) is 6.92. The third kappa shape index (κ3) is 4.82. The SMILES string of the molecule is CCOc1ccc(C(NC(=O)N2CCCC(C(=O)O)C2)c2ccccc2)cc1. The van der Waals surface area contributed by atoms with Gasteiger partial charge in [-0.25, -0.2) is 4.79 Å². The molecule has 148 valence electrons. The third-order valence-electron chi connectivity index (χ3n) is 4.98. The maximum absolute atomic E-state index is 12.9. The molecule has 0 radical (unpaired) electrons. The molecule has 2 aromatic rings. The van der Waals surface area contributed by atoms with E-state index in [2.05, 4.69) is 5.32 Å². The van der Waals surface area contributed by atoms with Crippen molar-refractivity contribution in [3.8, 4) is 5.75 Å². The van der Waals surface area contributed by atoms with Crippen molar-refractivity contribution >= 4 is 12.0 Å². The minimum atomic E-state index is -0.844. The number of aliphatic carboxylic acids is 1. The van der Waals surface area contributed by atoms with Crippen LogP contribution in [-0.2, 0) is 4.79 Å². The van der Waals surface area contributed by atoms with E-state index >= 15 is 0 Å². The number of nitrogens with zero attached hydrogens (tertiary/aromatic N) is 1. The van der Waals surface area contributed by atoms with Crippen molar-refractivity contribution in [2.75, 3.05) is 19.7 Å². The number of carboxylic acids is 1. The molecule has 0 saturated carbocycles. The molecule has 2 atom stereocenters. The Morgan fingerprint density at radius 2 is 1.82 bits per heavy atom. The first kappa shape index (κ1) is 19.7. The van der Waals surface area contributed by atoms with Crippen LogP contribution in [0.1, 0.15) is 36.9 Å². The van der Waals surface area contributed by atoms with Crippen LogP contribution < -0.4 is 10.1 Å². The molecular weight excluding hydrogens is 356 g/mol. The summed E-state index contributed by atoms with van der Waals surface area (Å²) in [5, 5.41) is 12.4. The van der Waals surface area contributed by atoms with Crippen LogP contribution in [0.15, 0.2) is 54.6 Å². The fourth-order valence-corrected chi connectivity index (χ4v) is 3.51. The zero-order valence-corrected chi connectivity index (χ0v) is 16.0. The molecule has 6 heteroatoms. The van der Waals surface area contributed by atoms with Crippen molar-refractivity contribution in [3.05, 3.63) is 65.7 Å². The lowest BCUT2D eigenvalue weighted by atomic mass is 9.97. The van der Waals surface area contributed by atoms with Crippen LogP contribution in [0.5, 0.6) is 5.75 Å². The number of hydrogen-bond donors (Lipinski definition) is 2. The third-order valence-corrected chi connectivity index (χ3v) is 4.98. The molecule has 3 rings (SSSR count). The molecule has 1 aliphatic rings. The van der Waals surface area contributed by atoms with E-state index in [0.717, 1.165) is 16.9 Å². The summed E-state index contributed by atoms with van der Waals surface area (Å²) in [5.74, 6) is -0.562. The highest BCUT2D eigenvalue weighted by Gasteiger charge is 2.29. The highest BCUT2D eigenvalue weighted by molar-refractivity contribution is 5.77. The number of carbonyl (C=O) groups is 2. The molecule has 2 N–H and O–H groups in total. The number of carbonyl (C=O) groups excluding carboxylic acids is 1. The first-order valence-electron chi connectivity index (χ1n) is 9.64. The Balaban J connectivity index is 1.79. The smallest absolute Gasteiger partial charge is 0.318 e. The van der Waals surface area contributed by atoms with Crippen LogP contribution in [-0.4, -0.2) is 41.7 Å². The van der Waals surface area contributed by atoms with Gasteiger partial charge in [-0.1, -0.05) is 42.5 Å². The molecule has 2 amide bonds. The van der Waals surface area contributed by atoms with Crippen LogP contribution in [0.2, 0.25) is 0 Å². The van der Waals surface area contributed by atoms with Gasteiger partial charge in [0, 0.05) is 13.1 Å². The Kier molecular flexibility index (Phi) is 6.53. The molecule has 6 nitrogen and oxygen atoms in total. The summed E-state index contributed by atoms with van der Waals surface area (Å²) >= 11 is 0. The van der Waals surface area contributed by atoms with Crippen LogP contribution >= 0.6 is 0 Å². The first-order chi connectivity index (χ1) is 13.6. The average molecular weight is 382 g/mol. The Morgan fingerprint density at radius 1 is 1.14 bits per heavy atom. The van der Waals surface area contributed by atoms with E-state index in [4.69, 9.17) is 4.74 Å². The van der Waals surface area contributed by atoms with Crippen LogP contribution in [0.3, 0.4) is 0 Å². The van der Waals surface area contributed by atoms with Gasteiger partial charge in [0.2, 0.25) is 0 Å². The van der Waals surface area contributed by atoms with E-state index in [-0.39, 0.29) is 18.6 Å². The maximum Gasteiger partial charge on any atom is 0.318 e. The lowest BCUT2D eigenvalue weighted by molar-refractivity contribution is -0.143. The van der Waals surface area contributed by atoms with E-state index < -0.39 is 11.9 Å². The van der Waals surface area contributed by atoms with Crippen molar-refractivity contribution in [3.63, 3.8) is 0 Å². The summed E-state index contributed by atoms with van der Waals surface area (Å²) in [5.41, 5.74) is 1.90. The second-order valence-electron chi connectivity index (χ2n) is 6.92. The zero-order valence-electron chi connectivity index (χ0n) is 16.0. The number of benzene rings is 2. The topological polar surface area (TPSA) is 78.9 Å². The van der Waals surface area contributed by atoms with Crippen LogP contribution in [0, 0.1) is 5.92 Å². The van der Waals surface area contributed by atoms with Crippen molar-refractivity contribution in [1.82, 2.24) is 10.2 Å². The van der Waals surface area contributed by atoms with Gasteiger partial charge >= 0.3 is 12.0 Å². The number of likely N-dealkylation sites (tertiary alicyclic amines) is 1. The molecule has 0 spiro atoms. The van der Waals surface area contributed by atoms with Crippen molar-refractivity contribution in [2.45, 2.75) is 25.8 Å². The number of ether oxygens (including phenoxy) is 1. The minimum Gasteiger partial charge on any atom is -0.494 e. The molecule has 2 unspecified atom stereocenters. The number of hydrogen-bond acceptors (Lipinski definition) is 3. The summed E-state index contributed by atoms with van der Waals surface area (Å²) in [6.45, 7) is 3.34. The van der Waals surface area contributed by atoms with Crippen molar-refractivity contribution in [2.24, 2.45) is 5.92 Å². The number of piperidine rings is 1. The molecule has 0 bridgehead atoms. The van der Waals surface area contributed by atoms with E-state index in [1.54, 1.807) is 4.90 Å². The van der Waals surface area contributed by atoms with Gasteiger partial charge in [-0.15, -0.1) is 0 Å². The lowest BCUT2D eigenvalue weighted by Crippen LogP contribution is -2.48. The summed E-state index contributed by atoms with van der Waals surface area (Å²) in [4.78, 5) is 25.8. The standard InChI is InChI=1S/C22H26N2O4/c1-2-28-19-12-10-17(11-13-19)20(16-7-4-3-5-8-16)23-22(27)24-14-6-9-18(15-24)21(25)26/h3-5,7-8,10-13,18,20H,2,6,9,14-15H2,1H3,(H,23,27)(H,25,26). The molecular formula is C22H26N2O4. The summed E-state index contributed by atoms with van der Waals surface area (Å²) in [6, 6.07) is 16.8. The Labute approximate surface area is 165 Å².